The SMILES string of the molecule is COCC(CCCN)Nc1cc2c(cc1[N+](=O)[O-])OCO2. The number of methoxy groups -OCH3 is 1. The molecule has 0 spiro atoms. The van der Waals surface area contributed by atoms with Crippen LogP contribution < -0.4 is 20.5 Å². The number of nitrogens with two attached hydrogens (primary N) is 1. The van der Waals surface area contributed by atoms with Crippen molar-refractivity contribution in [1.29, 1.82) is 0 Å². The molecule has 116 valence electrons. The number of nitrogens with zero attached hydrogens (tertiary/aromatic N) is 1. The summed E-state index contributed by atoms with van der Waals surface area (Å²) in [4.78, 5) is 10.7. The average molecular weight is 297 g/mol. The number of nitrogens with one attached hydrogen (secondary N) is 1. The molecular formula is C13H19N3O5. The fourth-order valence-corrected chi connectivity index (χ4v) is 2.18. The van der Waals surface area contributed by atoms with Gasteiger partial charge in [-0.2, -0.15) is 0 Å². The van der Waals surface area contributed by atoms with Crippen molar-refractivity contribution >= 4 is 11.4 Å². The second kappa shape index (κ2) is 7.09. The van der Waals surface area contributed by atoms with Crippen LogP contribution in [-0.2, 0) is 4.74 Å². The molecule has 0 saturated heterocycles. The van der Waals surface area contributed by atoms with E-state index in [2.05, 4.69) is 5.32 Å². The highest BCUT2D eigenvalue weighted by Crippen LogP contribution is 2.40. The fourth-order valence-electron chi connectivity index (χ4n) is 2.18. The van der Waals surface area contributed by atoms with E-state index in [1.165, 1.54) is 6.07 Å². The molecule has 1 aliphatic rings. The van der Waals surface area contributed by atoms with Crippen molar-refractivity contribution < 1.29 is 19.1 Å². The van der Waals surface area contributed by atoms with Crippen molar-refractivity contribution in [3.63, 3.8) is 0 Å². The normalized spacial score (nSPS) is 14.0. The molecule has 0 amide bonds. The van der Waals surface area contributed by atoms with Crippen LogP contribution in [0.5, 0.6) is 11.5 Å². The maximum Gasteiger partial charge on any atom is 0.296 e. The van der Waals surface area contributed by atoms with E-state index in [4.69, 9.17) is 19.9 Å². The maximum atomic E-state index is 11.2. The molecule has 1 aromatic carbocycles. The lowest BCUT2D eigenvalue weighted by Crippen LogP contribution is -2.26. The minimum Gasteiger partial charge on any atom is -0.454 e. The van der Waals surface area contributed by atoms with Crippen LogP contribution in [0.4, 0.5) is 11.4 Å². The first-order chi connectivity index (χ1) is 10.2. The van der Waals surface area contributed by atoms with Crippen LogP contribution in [-0.4, -0.2) is 38.0 Å². The maximum absolute atomic E-state index is 11.2. The van der Waals surface area contributed by atoms with Crippen LogP contribution in [0.3, 0.4) is 0 Å². The van der Waals surface area contributed by atoms with E-state index in [-0.39, 0.29) is 18.5 Å². The Morgan fingerprint density at radius 2 is 2.19 bits per heavy atom. The third kappa shape index (κ3) is 3.73. The molecule has 8 nitrogen and oxygen atoms in total. The van der Waals surface area contributed by atoms with Gasteiger partial charge >= 0.3 is 0 Å². The highest BCUT2D eigenvalue weighted by molar-refractivity contribution is 5.69. The first-order valence-corrected chi connectivity index (χ1v) is 6.69. The van der Waals surface area contributed by atoms with Crippen molar-refractivity contribution in [2.75, 3.05) is 32.4 Å². The summed E-state index contributed by atoms with van der Waals surface area (Å²) in [6.07, 6.45) is 1.56. The number of fused-ring (bicyclic) bond motifs is 1. The lowest BCUT2D eigenvalue weighted by molar-refractivity contribution is -0.384. The smallest absolute Gasteiger partial charge is 0.296 e. The number of rotatable bonds is 8. The zero-order valence-electron chi connectivity index (χ0n) is 11.8. The molecule has 0 radical (unpaired) electrons. The Kier molecular flexibility index (Phi) is 5.18. The molecular weight excluding hydrogens is 278 g/mol. The fraction of sp³-hybridized carbons (Fsp3) is 0.538. The lowest BCUT2D eigenvalue weighted by Gasteiger charge is -2.19. The highest BCUT2D eigenvalue weighted by atomic mass is 16.7. The van der Waals surface area contributed by atoms with E-state index in [9.17, 15) is 10.1 Å². The molecule has 1 unspecified atom stereocenters. The number of ether oxygens (including phenoxy) is 3. The Morgan fingerprint density at radius 1 is 1.48 bits per heavy atom. The van der Waals surface area contributed by atoms with Gasteiger partial charge in [0, 0.05) is 19.2 Å². The predicted molar refractivity (Wildman–Crippen MR) is 76.8 cm³/mol. The van der Waals surface area contributed by atoms with E-state index in [1.807, 2.05) is 0 Å². The first-order valence-electron chi connectivity index (χ1n) is 6.69. The van der Waals surface area contributed by atoms with E-state index < -0.39 is 4.92 Å². The standard InChI is InChI=1S/C13H19N3O5/c1-19-7-9(3-2-4-14)15-10-5-12-13(21-8-20-12)6-11(10)16(17)18/h5-6,9,15H,2-4,7-8,14H2,1H3. The van der Waals surface area contributed by atoms with Crippen molar-refractivity contribution in [3.8, 4) is 11.5 Å². The van der Waals surface area contributed by atoms with Gasteiger partial charge in [0.05, 0.1) is 17.6 Å². The van der Waals surface area contributed by atoms with Crippen molar-refractivity contribution in [2.24, 2.45) is 5.73 Å². The summed E-state index contributed by atoms with van der Waals surface area (Å²) in [6.45, 7) is 1.07. The molecule has 3 N–H and O–H groups in total. The summed E-state index contributed by atoms with van der Waals surface area (Å²) in [6, 6.07) is 2.90. The number of hydrogen-bond acceptors (Lipinski definition) is 7. The van der Waals surface area contributed by atoms with Gasteiger partial charge in [-0.3, -0.25) is 10.1 Å². The Bertz CT molecular complexity index is 509. The van der Waals surface area contributed by atoms with Crippen LogP contribution >= 0.6 is 0 Å². The number of nitro benzene ring substituents is 1. The largest absolute Gasteiger partial charge is 0.454 e. The van der Waals surface area contributed by atoms with Crippen LogP contribution in [0.15, 0.2) is 12.1 Å². The van der Waals surface area contributed by atoms with Gasteiger partial charge in [0.15, 0.2) is 11.5 Å². The van der Waals surface area contributed by atoms with Crippen LogP contribution in [0, 0.1) is 10.1 Å². The third-order valence-electron chi connectivity index (χ3n) is 3.17. The molecule has 1 aliphatic heterocycles. The molecule has 1 aromatic rings. The van der Waals surface area contributed by atoms with Crippen molar-refractivity contribution in [3.05, 3.63) is 22.2 Å². The van der Waals surface area contributed by atoms with Gasteiger partial charge < -0.3 is 25.3 Å². The molecule has 1 atom stereocenters. The number of anilines is 1. The summed E-state index contributed by atoms with van der Waals surface area (Å²) in [7, 11) is 1.59. The van der Waals surface area contributed by atoms with Gasteiger partial charge in [-0.25, -0.2) is 0 Å². The van der Waals surface area contributed by atoms with Crippen LogP contribution in [0.1, 0.15) is 12.8 Å². The summed E-state index contributed by atoms with van der Waals surface area (Å²) in [5, 5.41) is 14.3. The average Bonchev–Trinajstić information content (AvgIpc) is 2.91. The third-order valence-corrected chi connectivity index (χ3v) is 3.17. The van der Waals surface area contributed by atoms with Gasteiger partial charge in [0.1, 0.15) is 5.69 Å². The van der Waals surface area contributed by atoms with Crippen molar-refractivity contribution in [2.45, 2.75) is 18.9 Å². The number of benzene rings is 1. The number of nitro groups is 1. The van der Waals surface area contributed by atoms with Gasteiger partial charge in [-0.15, -0.1) is 0 Å². The molecule has 8 heteroatoms. The van der Waals surface area contributed by atoms with E-state index in [0.29, 0.717) is 30.3 Å². The quantitative estimate of drug-likeness (QED) is 0.552. The summed E-state index contributed by atoms with van der Waals surface area (Å²) >= 11 is 0. The predicted octanol–water partition coefficient (Wildman–Crippen LogP) is 1.49. The Morgan fingerprint density at radius 3 is 2.81 bits per heavy atom. The Balaban J connectivity index is 2.22. The van der Waals surface area contributed by atoms with E-state index in [1.54, 1.807) is 13.2 Å². The summed E-state index contributed by atoms with van der Waals surface area (Å²) in [5.74, 6) is 0.885. The van der Waals surface area contributed by atoms with E-state index >= 15 is 0 Å². The van der Waals surface area contributed by atoms with Gasteiger partial charge in [0.25, 0.3) is 5.69 Å². The zero-order chi connectivity index (χ0) is 15.2. The molecule has 0 aliphatic carbocycles. The topological polar surface area (TPSA) is 109 Å². The monoisotopic (exact) mass is 297 g/mol. The second-order valence-electron chi connectivity index (χ2n) is 4.71. The van der Waals surface area contributed by atoms with Gasteiger partial charge in [-0.1, -0.05) is 0 Å². The lowest BCUT2D eigenvalue weighted by atomic mass is 10.1. The number of hydrogen-bond donors (Lipinski definition) is 2. The molecule has 0 bridgehead atoms. The Hall–Kier alpha value is -2.06. The molecule has 0 aromatic heterocycles. The minimum atomic E-state index is -0.447. The zero-order valence-corrected chi connectivity index (χ0v) is 11.8. The molecule has 2 rings (SSSR count). The summed E-state index contributed by atoms with van der Waals surface area (Å²) in [5.41, 5.74) is 5.85. The van der Waals surface area contributed by atoms with Crippen molar-refractivity contribution in [1.82, 2.24) is 0 Å². The van der Waals surface area contributed by atoms with Gasteiger partial charge in [0.2, 0.25) is 6.79 Å². The highest BCUT2D eigenvalue weighted by Gasteiger charge is 2.24. The van der Waals surface area contributed by atoms with E-state index in [0.717, 1.165) is 12.8 Å². The molecule has 0 saturated carbocycles. The molecule has 1 heterocycles. The second-order valence-corrected chi connectivity index (χ2v) is 4.71. The Labute approximate surface area is 122 Å². The summed E-state index contributed by atoms with van der Waals surface area (Å²) < 4.78 is 15.6. The first kappa shape index (κ1) is 15.3. The molecule has 21 heavy (non-hydrogen) atoms. The minimum absolute atomic E-state index is 0.0481. The van der Waals surface area contributed by atoms with Gasteiger partial charge in [-0.05, 0) is 19.4 Å². The van der Waals surface area contributed by atoms with Crippen LogP contribution in [0.2, 0.25) is 0 Å². The van der Waals surface area contributed by atoms with Crippen LogP contribution in [0.25, 0.3) is 0 Å². The molecule has 0 fully saturated rings.